The molecule has 0 aliphatic heterocycles. The largest absolute Gasteiger partial charge is 0.256 e. The first kappa shape index (κ1) is 14.8. The van der Waals surface area contributed by atoms with Crippen LogP contribution in [-0.4, -0.2) is 4.98 Å². The molecule has 3 aromatic rings. The summed E-state index contributed by atoms with van der Waals surface area (Å²) in [5.41, 5.74) is 7.67. The predicted molar refractivity (Wildman–Crippen MR) is 95.2 cm³/mol. The maximum absolute atomic E-state index is 4.58. The first-order chi connectivity index (χ1) is 10.5. The van der Waals surface area contributed by atoms with E-state index in [0.29, 0.717) is 5.92 Å². The average molecular weight is 289 g/mol. The van der Waals surface area contributed by atoms with Crippen molar-refractivity contribution in [3.63, 3.8) is 0 Å². The molecule has 1 nitrogen and oxygen atoms in total. The van der Waals surface area contributed by atoms with Crippen molar-refractivity contribution >= 4 is 10.9 Å². The summed E-state index contributed by atoms with van der Waals surface area (Å²) in [6.07, 6.45) is 2.97. The Hall–Kier alpha value is -2.15. The van der Waals surface area contributed by atoms with E-state index < -0.39 is 0 Å². The second-order valence-corrected chi connectivity index (χ2v) is 6.69. The standard InChI is InChI=1S/C21H23N/c1-14(2)8-17-12-20(18-10-15(3)9-16(4)11-18)19-6-5-7-22-21(19)13-17/h5-7,9-14H,8H2,1-4H3. The molecule has 0 amide bonds. The second kappa shape index (κ2) is 5.92. The molecule has 0 spiro atoms. The first-order valence-corrected chi connectivity index (χ1v) is 7.99. The van der Waals surface area contributed by atoms with Crippen LogP contribution in [0.15, 0.2) is 48.7 Å². The van der Waals surface area contributed by atoms with Crippen molar-refractivity contribution in [3.05, 3.63) is 65.4 Å². The van der Waals surface area contributed by atoms with Gasteiger partial charge in [-0.3, -0.25) is 4.98 Å². The van der Waals surface area contributed by atoms with E-state index in [4.69, 9.17) is 0 Å². The van der Waals surface area contributed by atoms with E-state index in [2.05, 4.69) is 69.1 Å². The number of rotatable bonds is 3. The topological polar surface area (TPSA) is 12.9 Å². The predicted octanol–water partition coefficient (Wildman–Crippen LogP) is 5.72. The number of hydrogen-bond donors (Lipinski definition) is 0. The average Bonchev–Trinajstić information content (AvgIpc) is 2.44. The van der Waals surface area contributed by atoms with Gasteiger partial charge in [0.25, 0.3) is 0 Å². The summed E-state index contributed by atoms with van der Waals surface area (Å²) in [4.78, 5) is 4.58. The van der Waals surface area contributed by atoms with Gasteiger partial charge in [-0.15, -0.1) is 0 Å². The van der Waals surface area contributed by atoms with Crippen molar-refractivity contribution in [2.24, 2.45) is 5.92 Å². The fraction of sp³-hybridized carbons (Fsp3) is 0.286. The highest BCUT2D eigenvalue weighted by Crippen LogP contribution is 2.31. The minimum Gasteiger partial charge on any atom is -0.256 e. The van der Waals surface area contributed by atoms with Gasteiger partial charge in [0.05, 0.1) is 5.52 Å². The lowest BCUT2D eigenvalue weighted by atomic mass is 9.93. The van der Waals surface area contributed by atoms with E-state index in [-0.39, 0.29) is 0 Å². The van der Waals surface area contributed by atoms with Crippen LogP contribution in [0.1, 0.15) is 30.5 Å². The SMILES string of the molecule is Cc1cc(C)cc(-c2cc(CC(C)C)cc3ncccc23)c1. The van der Waals surface area contributed by atoms with Gasteiger partial charge in [0, 0.05) is 11.6 Å². The molecule has 22 heavy (non-hydrogen) atoms. The Kier molecular flexibility index (Phi) is 3.98. The summed E-state index contributed by atoms with van der Waals surface area (Å²) in [5.74, 6) is 0.647. The molecule has 3 rings (SSSR count). The Morgan fingerprint density at radius 1 is 0.955 bits per heavy atom. The van der Waals surface area contributed by atoms with Gasteiger partial charge >= 0.3 is 0 Å². The molecule has 0 fully saturated rings. The Balaban J connectivity index is 2.25. The minimum atomic E-state index is 0.647. The third kappa shape index (κ3) is 3.04. The maximum Gasteiger partial charge on any atom is 0.0710 e. The number of fused-ring (bicyclic) bond motifs is 1. The molecule has 2 aromatic carbocycles. The zero-order chi connectivity index (χ0) is 15.7. The van der Waals surface area contributed by atoms with Gasteiger partial charge in [0.1, 0.15) is 0 Å². The number of nitrogens with zero attached hydrogens (tertiary/aromatic N) is 1. The molecule has 0 aliphatic carbocycles. The summed E-state index contributed by atoms with van der Waals surface area (Å²) >= 11 is 0. The lowest BCUT2D eigenvalue weighted by Gasteiger charge is -2.13. The lowest BCUT2D eigenvalue weighted by Crippen LogP contribution is -1.96. The van der Waals surface area contributed by atoms with E-state index >= 15 is 0 Å². The normalized spacial score (nSPS) is 11.3. The zero-order valence-corrected chi connectivity index (χ0v) is 13.9. The molecule has 1 heteroatoms. The molecule has 112 valence electrons. The van der Waals surface area contributed by atoms with Crippen LogP contribution >= 0.6 is 0 Å². The number of aryl methyl sites for hydroxylation is 2. The van der Waals surface area contributed by atoms with Crippen molar-refractivity contribution in [1.29, 1.82) is 0 Å². The molecule has 0 saturated carbocycles. The smallest absolute Gasteiger partial charge is 0.0710 e. The molecule has 0 unspecified atom stereocenters. The number of hydrogen-bond acceptors (Lipinski definition) is 1. The van der Waals surface area contributed by atoms with Crippen molar-refractivity contribution in [1.82, 2.24) is 4.98 Å². The molecule has 0 atom stereocenters. The fourth-order valence-corrected chi connectivity index (χ4v) is 3.20. The molecule has 1 aromatic heterocycles. The van der Waals surface area contributed by atoms with Crippen molar-refractivity contribution in [3.8, 4) is 11.1 Å². The summed E-state index contributed by atoms with van der Waals surface area (Å²) < 4.78 is 0. The summed E-state index contributed by atoms with van der Waals surface area (Å²) in [5, 5.41) is 1.24. The van der Waals surface area contributed by atoms with Crippen molar-refractivity contribution in [2.75, 3.05) is 0 Å². The Labute approximate surface area is 133 Å². The Morgan fingerprint density at radius 3 is 2.36 bits per heavy atom. The van der Waals surface area contributed by atoms with E-state index in [9.17, 15) is 0 Å². The monoisotopic (exact) mass is 289 g/mol. The molecule has 0 aliphatic rings. The van der Waals surface area contributed by atoms with E-state index in [1.54, 1.807) is 0 Å². The zero-order valence-electron chi connectivity index (χ0n) is 13.9. The van der Waals surface area contributed by atoms with Crippen LogP contribution < -0.4 is 0 Å². The molecular formula is C21H23N. The van der Waals surface area contributed by atoms with Gasteiger partial charge in [-0.25, -0.2) is 0 Å². The molecule has 0 saturated heterocycles. The Morgan fingerprint density at radius 2 is 1.68 bits per heavy atom. The van der Waals surface area contributed by atoms with Crippen molar-refractivity contribution < 1.29 is 0 Å². The Bertz CT molecular complexity index is 795. The highest BCUT2D eigenvalue weighted by atomic mass is 14.6. The van der Waals surface area contributed by atoms with Crippen LogP contribution in [0.3, 0.4) is 0 Å². The molecule has 1 heterocycles. The molecule has 0 radical (unpaired) electrons. The maximum atomic E-state index is 4.58. The van der Waals surface area contributed by atoms with E-state index in [0.717, 1.165) is 11.9 Å². The van der Waals surface area contributed by atoms with Crippen LogP contribution in [0.5, 0.6) is 0 Å². The van der Waals surface area contributed by atoms with Gasteiger partial charge in [0.15, 0.2) is 0 Å². The number of benzene rings is 2. The van der Waals surface area contributed by atoms with Crippen LogP contribution in [0, 0.1) is 19.8 Å². The first-order valence-electron chi connectivity index (χ1n) is 7.99. The summed E-state index contributed by atoms with van der Waals surface area (Å²) in [7, 11) is 0. The van der Waals surface area contributed by atoms with Gasteiger partial charge in [-0.05, 0) is 55.0 Å². The summed E-state index contributed by atoms with van der Waals surface area (Å²) in [6.45, 7) is 8.85. The molecule has 0 bridgehead atoms. The van der Waals surface area contributed by atoms with Gasteiger partial charge < -0.3 is 0 Å². The fourth-order valence-electron chi connectivity index (χ4n) is 3.20. The van der Waals surface area contributed by atoms with E-state index in [1.165, 1.54) is 33.2 Å². The van der Waals surface area contributed by atoms with Gasteiger partial charge in [-0.2, -0.15) is 0 Å². The highest BCUT2D eigenvalue weighted by Gasteiger charge is 2.09. The van der Waals surface area contributed by atoms with Crippen LogP contribution in [-0.2, 0) is 6.42 Å². The van der Waals surface area contributed by atoms with Crippen LogP contribution in [0.2, 0.25) is 0 Å². The van der Waals surface area contributed by atoms with Crippen LogP contribution in [0.4, 0.5) is 0 Å². The number of pyridine rings is 1. The van der Waals surface area contributed by atoms with Crippen molar-refractivity contribution in [2.45, 2.75) is 34.1 Å². The highest BCUT2D eigenvalue weighted by molar-refractivity contribution is 5.95. The van der Waals surface area contributed by atoms with E-state index in [1.807, 2.05) is 12.3 Å². The lowest BCUT2D eigenvalue weighted by molar-refractivity contribution is 0.648. The third-order valence-electron chi connectivity index (χ3n) is 3.96. The minimum absolute atomic E-state index is 0.647. The third-order valence-corrected chi connectivity index (χ3v) is 3.96. The quantitative estimate of drug-likeness (QED) is 0.601. The number of aromatic nitrogens is 1. The van der Waals surface area contributed by atoms with Gasteiger partial charge in [-0.1, -0.05) is 55.3 Å². The van der Waals surface area contributed by atoms with Crippen LogP contribution in [0.25, 0.3) is 22.0 Å². The summed E-state index contributed by atoms with van der Waals surface area (Å²) in [6, 6.07) is 15.6. The molecular weight excluding hydrogens is 266 g/mol. The molecule has 0 N–H and O–H groups in total. The van der Waals surface area contributed by atoms with Gasteiger partial charge in [0.2, 0.25) is 0 Å². The second-order valence-electron chi connectivity index (χ2n) is 6.69.